The van der Waals surface area contributed by atoms with Crippen molar-refractivity contribution >= 4 is 35.5 Å². The van der Waals surface area contributed by atoms with Crippen molar-refractivity contribution < 1.29 is 29.4 Å². The molecule has 0 bridgehead atoms. The van der Waals surface area contributed by atoms with E-state index in [1.807, 2.05) is 20.1 Å². The normalized spacial score (nSPS) is 15.2. The molecule has 0 spiro atoms. The van der Waals surface area contributed by atoms with Gasteiger partial charge < -0.3 is 31.9 Å². The Hall–Kier alpha value is -1.85. The number of aliphatic carboxylic acids is 1. The topological polar surface area (TPSA) is 171 Å². The Morgan fingerprint density at radius 2 is 1.50 bits per heavy atom. The van der Waals surface area contributed by atoms with Crippen LogP contribution in [0.25, 0.3) is 0 Å². The molecule has 0 heterocycles. The van der Waals surface area contributed by atoms with Crippen LogP contribution in [0.3, 0.4) is 0 Å². The average molecular weight is 421 g/mol. The van der Waals surface area contributed by atoms with Gasteiger partial charge in [0.25, 0.3) is 0 Å². The molecule has 0 aromatic rings. The van der Waals surface area contributed by atoms with E-state index < -0.39 is 54.5 Å². The number of carbonyl (C=O) groups is 4. The number of aliphatic hydroxyl groups is 1. The quantitative estimate of drug-likeness (QED) is 0.213. The fourth-order valence-electron chi connectivity index (χ4n) is 2.22. The van der Waals surface area contributed by atoms with E-state index in [1.165, 1.54) is 18.7 Å². The molecule has 0 saturated carbocycles. The van der Waals surface area contributed by atoms with Crippen LogP contribution in [0.5, 0.6) is 0 Å². The Morgan fingerprint density at radius 3 is 1.96 bits per heavy atom. The number of nitrogens with one attached hydrogen (secondary N) is 3. The lowest BCUT2D eigenvalue weighted by atomic mass is 10.0. The first-order chi connectivity index (χ1) is 13.0. The van der Waals surface area contributed by atoms with Gasteiger partial charge in [-0.05, 0) is 37.7 Å². The fraction of sp³-hybridized carbons (Fsp3) is 0.765. The summed E-state index contributed by atoms with van der Waals surface area (Å²) < 4.78 is 0. The molecule has 0 fully saturated rings. The number of amides is 3. The Bertz CT molecular complexity index is 546. The van der Waals surface area contributed by atoms with Gasteiger partial charge in [-0.25, -0.2) is 0 Å². The lowest BCUT2D eigenvalue weighted by molar-refractivity contribution is -0.141. The van der Waals surface area contributed by atoms with Crippen molar-refractivity contribution in [3.63, 3.8) is 0 Å². The number of carboxylic acid groups (broad SMARTS) is 1. The maximum Gasteiger partial charge on any atom is 0.325 e. The minimum atomic E-state index is -1.19. The fourth-order valence-corrected chi connectivity index (χ4v) is 2.69. The maximum absolute atomic E-state index is 12.7. The van der Waals surface area contributed by atoms with Crippen molar-refractivity contribution in [2.75, 3.05) is 18.6 Å². The van der Waals surface area contributed by atoms with Gasteiger partial charge in [-0.2, -0.15) is 11.8 Å². The third-order valence-corrected chi connectivity index (χ3v) is 4.49. The third-order valence-electron chi connectivity index (χ3n) is 3.85. The maximum atomic E-state index is 12.7. The number of rotatable bonds is 13. The number of carbonyl (C=O) groups excluding carboxylic acids is 3. The highest BCUT2D eigenvalue weighted by Crippen LogP contribution is 2.08. The summed E-state index contributed by atoms with van der Waals surface area (Å²) in [4.78, 5) is 48.0. The Kier molecular flexibility index (Phi) is 12.5. The predicted octanol–water partition coefficient (Wildman–Crippen LogP) is -1.34. The summed E-state index contributed by atoms with van der Waals surface area (Å²) >= 11 is 1.47. The average Bonchev–Trinajstić information content (AvgIpc) is 2.62. The Morgan fingerprint density at radius 1 is 0.964 bits per heavy atom. The van der Waals surface area contributed by atoms with Crippen molar-refractivity contribution in [3.05, 3.63) is 0 Å². The first kappa shape index (κ1) is 26.1. The number of carboxylic acids is 1. The van der Waals surface area contributed by atoms with Gasteiger partial charge in [-0.3, -0.25) is 19.2 Å². The van der Waals surface area contributed by atoms with E-state index in [0.29, 0.717) is 18.6 Å². The Balaban J connectivity index is 5.24. The number of hydrogen-bond acceptors (Lipinski definition) is 7. The number of aliphatic hydroxyl groups excluding tert-OH is 1. The van der Waals surface area contributed by atoms with Crippen LogP contribution in [0.1, 0.15) is 33.6 Å². The third kappa shape index (κ3) is 9.90. The van der Waals surface area contributed by atoms with Crippen LogP contribution in [0, 0.1) is 5.92 Å². The number of nitrogens with two attached hydrogens (primary N) is 1. The molecule has 162 valence electrons. The minimum Gasteiger partial charge on any atom is -0.480 e. The van der Waals surface area contributed by atoms with E-state index in [0.717, 1.165) is 0 Å². The van der Waals surface area contributed by atoms with Crippen LogP contribution in [0.4, 0.5) is 0 Å². The number of hydrogen-bond donors (Lipinski definition) is 6. The molecule has 3 amide bonds. The molecule has 0 aromatic carbocycles. The molecule has 11 heteroatoms. The molecule has 0 aromatic heterocycles. The van der Waals surface area contributed by atoms with E-state index in [9.17, 15) is 19.2 Å². The van der Waals surface area contributed by atoms with Gasteiger partial charge in [0, 0.05) is 0 Å². The molecular formula is C17H32N4O6S. The van der Waals surface area contributed by atoms with Crippen molar-refractivity contribution in [2.24, 2.45) is 11.7 Å². The van der Waals surface area contributed by atoms with Crippen LogP contribution in [0.2, 0.25) is 0 Å². The molecule has 4 unspecified atom stereocenters. The standard InChI is InChI=1S/C17H32N4O6S/c1-9(2)7-13(21-14(23)11(18)8-22)16(25)20-12(5-6-28-4)15(24)19-10(3)17(26)27/h9-13,22H,5-8,18H2,1-4H3,(H,19,24)(H,20,25)(H,21,23)(H,26,27). The molecule has 0 radical (unpaired) electrons. The monoisotopic (exact) mass is 420 g/mol. The van der Waals surface area contributed by atoms with E-state index in [-0.39, 0.29) is 5.92 Å². The second kappa shape index (κ2) is 13.3. The van der Waals surface area contributed by atoms with Gasteiger partial charge in [-0.15, -0.1) is 0 Å². The Labute approximate surface area is 169 Å². The largest absolute Gasteiger partial charge is 0.480 e. The molecule has 7 N–H and O–H groups in total. The zero-order valence-corrected chi connectivity index (χ0v) is 17.5. The summed E-state index contributed by atoms with van der Waals surface area (Å²) in [6.07, 6.45) is 2.44. The summed E-state index contributed by atoms with van der Waals surface area (Å²) in [7, 11) is 0. The highest BCUT2D eigenvalue weighted by Gasteiger charge is 2.29. The molecule has 0 aliphatic carbocycles. The zero-order valence-electron chi connectivity index (χ0n) is 16.7. The molecular weight excluding hydrogens is 388 g/mol. The van der Waals surface area contributed by atoms with Crippen LogP contribution in [0.15, 0.2) is 0 Å². The second-order valence-corrected chi connectivity index (χ2v) is 7.88. The highest BCUT2D eigenvalue weighted by molar-refractivity contribution is 7.98. The summed E-state index contributed by atoms with van der Waals surface area (Å²) in [6, 6.07) is -4.14. The molecule has 10 nitrogen and oxygen atoms in total. The van der Waals surface area contributed by atoms with Crippen LogP contribution >= 0.6 is 11.8 Å². The first-order valence-corrected chi connectivity index (χ1v) is 10.4. The molecule has 4 atom stereocenters. The van der Waals surface area contributed by atoms with E-state index in [4.69, 9.17) is 15.9 Å². The van der Waals surface area contributed by atoms with Gasteiger partial charge in [-0.1, -0.05) is 13.8 Å². The lowest BCUT2D eigenvalue weighted by Crippen LogP contribution is -2.57. The van der Waals surface area contributed by atoms with Gasteiger partial charge in [0.15, 0.2) is 0 Å². The van der Waals surface area contributed by atoms with Gasteiger partial charge in [0.1, 0.15) is 24.2 Å². The molecule has 0 aliphatic rings. The van der Waals surface area contributed by atoms with E-state index in [1.54, 1.807) is 0 Å². The van der Waals surface area contributed by atoms with E-state index >= 15 is 0 Å². The SMILES string of the molecule is CSCCC(NC(=O)C(CC(C)C)NC(=O)C(N)CO)C(=O)NC(C)C(=O)O. The summed E-state index contributed by atoms with van der Waals surface area (Å²) in [5.41, 5.74) is 5.48. The smallest absolute Gasteiger partial charge is 0.325 e. The summed E-state index contributed by atoms with van der Waals surface area (Å²) in [6.45, 7) is 4.50. The van der Waals surface area contributed by atoms with Crippen LogP contribution in [-0.4, -0.2) is 76.7 Å². The predicted molar refractivity (Wildman–Crippen MR) is 107 cm³/mol. The van der Waals surface area contributed by atoms with Gasteiger partial charge in [0.05, 0.1) is 6.61 Å². The van der Waals surface area contributed by atoms with Crippen molar-refractivity contribution in [3.8, 4) is 0 Å². The minimum absolute atomic E-state index is 0.0620. The lowest BCUT2D eigenvalue weighted by Gasteiger charge is -2.25. The molecule has 0 saturated heterocycles. The van der Waals surface area contributed by atoms with Crippen LogP contribution < -0.4 is 21.7 Å². The van der Waals surface area contributed by atoms with Gasteiger partial charge >= 0.3 is 5.97 Å². The summed E-state index contributed by atoms with van der Waals surface area (Å²) in [5.74, 6) is -2.42. The highest BCUT2D eigenvalue weighted by atomic mass is 32.2. The zero-order chi connectivity index (χ0) is 21.9. The molecule has 0 rings (SSSR count). The van der Waals surface area contributed by atoms with E-state index in [2.05, 4.69) is 16.0 Å². The first-order valence-electron chi connectivity index (χ1n) is 9.02. The van der Waals surface area contributed by atoms with Crippen LogP contribution in [-0.2, 0) is 19.2 Å². The number of thioether (sulfide) groups is 1. The van der Waals surface area contributed by atoms with Crippen molar-refractivity contribution in [2.45, 2.75) is 57.8 Å². The van der Waals surface area contributed by atoms with Crippen molar-refractivity contribution in [1.82, 2.24) is 16.0 Å². The van der Waals surface area contributed by atoms with Crippen molar-refractivity contribution in [1.29, 1.82) is 0 Å². The second-order valence-electron chi connectivity index (χ2n) is 6.89. The molecule has 28 heavy (non-hydrogen) atoms. The summed E-state index contributed by atoms with van der Waals surface area (Å²) in [5, 5.41) is 25.4. The van der Waals surface area contributed by atoms with Gasteiger partial charge in [0.2, 0.25) is 17.7 Å². The molecule has 0 aliphatic heterocycles.